The Kier molecular flexibility index (Phi) is 6.79. The van der Waals surface area contributed by atoms with E-state index < -0.39 is 23.3 Å². The monoisotopic (exact) mass is 539 g/mol. The van der Waals surface area contributed by atoms with Gasteiger partial charge in [0.15, 0.2) is 0 Å². The summed E-state index contributed by atoms with van der Waals surface area (Å²) in [7, 11) is 0. The molecule has 0 bridgehead atoms. The number of para-hydroxylation sites is 1. The summed E-state index contributed by atoms with van der Waals surface area (Å²) < 4.78 is 33.3. The average Bonchev–Trinajstić information content (AvgIpc) is 3.14. The van der Waals surface area contributed by atoms with Crippen molar-refractivity contribution in [1.82, 2.24) is 14.8 Å². The van der Waals surface area contributed by atoms with Crippen molar-refractivity contribution in [3.63, 3.8) is 0 Å². The Morgan fingerprint density at radius 3 is 2.88 bits per heavy atom. The molecule has 1 aliphatic carbocycles. The summed E-state index contributed by atoms with van der Waals surface area (Å²) in [5.74, 6) is -0.358. The van der Waals surface area contributed by atoms with E-state index in [1.54, 1.807) is 36.5 Å². The Balaban J connectivity index is 1.65. The first-order valence-corrected chi connectivity index (χ1v) is 11.8. The van der Waals surface area contributed by atoms with Gasteiger partial charge in [-0.3, -0.25) is 18.0 Å². The lowest BCUT2D eigenvalue weighted by molar-refractivity contribution is -0.137. The van der Waals surface area contributed by atoms with E-state index in [9.17, 15) is 13.6 Å². The zero-order chi connectivity index (χ0) is 22.8. The summed E-state index contributed by atoms with van der Waals surface area (Å²) in [6.45, 7) is -0.274. The van der Waals surface area contributed by atoms with Crippen molar-refractivity contribution in [2.75, 3.05) is 4.31 Å². The number of benzene rings is 1. The van der Waals surface area contributed by atoms with Crippen molar-refractivity contribution in [1.29, 1.82) is 0 Å². The first-order valence-electron chi connectivity index (χ1n) is 9.58. The molecule has 0 saturated heterocycles. The molecule has 2 heterocycles. The highest BCUT2D eigenvalue weighted by atomic mass is 79.9. The number of rotatable bonds is 7. The van der Waals surface area contributed by atoms with E-state index in [0.717, 1.165) is 5.69 Å². The highest BCUT2D eigenvalue weighted by Gasteiger charge is 2.31. The van der Waals surface area contributed by atoms with Crippen LogP contribution in [-0.2, 0) is 29.0 Å². The maximum absolute atomic E-state index is 12.2. The summed E-state index contributed by atoms with van der Waals surface area (Å²) in [5, 5.41) is 13.7. The fourth-order valence-corrected chi connectivity index (χ4v) is 5.01. The first-order chi connectivity index (χ1) is 15.3. The normalized spacial score (nSPS) is 16.3. The van der Waals surface area contributed by atoms with Crippen molar-refractivity contribution in [3.05, 3.63) is 63.5 Å². The van der Waals surface area contributed by atoms with Crippen LogP contribution < -0.4 is 9.04 Å². The minimum absolute atomic E-state index is 0.233. The predicted octanol–water partition coefficient (Wildman–Crippen LogP) is 4.25. The number of fused-ring (bicyclic) bond motifs is 1. The van der Waals surface area contributed by atoms with Crippen LogP contribution in [0.1, 0.15) is 30.1 Å². The van der Waals surface area contributed by atoms with Gasteiger partial charge in [0.05, 0.1) is 33.6 Å². The molecule has 0 radical (unpaired) electrons. The minimum Gasteiger partial charge on any atom is -0.755 e. The second kappa shape index (κ2) is 9.57. The lowest BCUT2D eigenvalue weighted by Crippen LogP contribution is -2.33. The van der Waals surface area contributed by atoms with Gasteiger partial charge in [-0.05, 0) is 53.4 Å². The van der Waals surface area contributed by atoms with E-state index in [2.05, 4.69) is 26.0 Å². The number of carboxylic acids is 1. The highest BCUT2D eigenvalue weighted by Crippen LogP contribution is 2.40. The number of ether oxygens (including phenoxy) is 1. The Labute approximate surface area is 199 Å². The summed E-state index contributed by atoms with van der Waals surface area (Å²) in [6.07, 6.45) is 4.83. The van der Waals surface area contributed by atoms with Gasteiger partial charge in [-0.25, -0.2) is 4.98 Å². The van der Waals surface area contributed by atoms with Gasteiger partial charge in [0.2, 0.25) is 5.88 Å². The van der Waals surface area contributed by atoms with E-state index in [0.29, 0.717) is 45.8 Å². The maximum Gasteiger partial charge on any atom is 0.325 e. The quantitative estimate of drug-likeness (QED) is 0.445. The molecule has 12 heteroatoms. The van der Waals surface area contributed by atoms with Gasteiger partial charge >= 0.3 is 5.97 Å². The van der Waals surface area contributed by atoms with Crippen molar-refractivity contribution in [2.24, 2.45) is 0 Å². The van der Waals surface area contributed by atoms with E-state index in [1.165, 1.54) is 15.2 Å². The third-order valence-electron chi connectivity index (χ3n) is 5.05. The van der Waals surface area contributed by atoms with Crippen LogP contribution in [0.15, 0.2) is 47.2 Å². The molecular formula is C20H17BrClN4O5S-. The van der Waals surface area contributed by atoms with Crippen LogP contribution in [0.2, 0.25) is 5.02 Å². The average molecular weight is 541 g/mol. The molecule has 9 nitrogen and oxygen atoms in total. The Morgan fingerprint density at radius 1 is 1.41 bits per heavy atom. The van der Waals surface area contributed by atoms with E-state index >= 15 is 0 Å². The number of aromatic nitrogens is 3. The van der Waals surface area contributed by atoms with Gasteiger partial charge in [-0.1, -0.05) is 23.7 Å². The topological polar surface area (TPSA) is 121 Å². The molecule has 2 aromatic heterocycles. The number of carboxylic acid groups (broad SMARTS) is 1. The second-order valence-electron chi connectivity index (χ2n) is 7.06. The summed E-state index contributed by atoms with van der Waals surface area (Å²) in [5.41, 5.74) is 1.75. The SMILES string of the molecule is O=C(O)Cn1ncc2c1CCCC2N(c1cnc(Oc2ccccc2Cl)c(Br)c1)S(=O)[O-]. The zero-order valence-electron chi connectivity index (χ0n) is 16.5. The summed E-state index contributed by atoms with van der Waals surface area (Å²) in [4.78, 5) is 15.4. The first kappa shape index (κ1) is 22.7. The predicted molar refractivity (Wildman–Crippen MR) is 120 cm³/mol. The maximum atomic E-state index is 12.2. The van der Waals surface area contributed by atoms with Crippen LogP contribution in [0.3, 0.4) is 0 Å². The van der Waals surface area contributed by atoms with Gasteiger partial charge in [0, 0.05) is 22.5 Å². The molecule has 4 rings (SSSR count). The number of nitrogens with zero attached hydrogens (tertiary/aromatic N) is 4. The Hall–Kier alpha value is -2.47. The molecule has 0 aliphatic heterocycles. The summed E-state index contributed by atoms with van der Waals surface area (Å²) in [6, 6.07) is 8.01. The molecule has 1 aliphatic rings. The van der Waals surface area contributed by atoms with E-state index in [-0.39, 0.29) is 12.4 Å². The van der Waals surface area contributed by atoms with Crippen molar-refractivity contribution in [2.45, 2.75) is 31.8 Å². The van der Waals surface area contributed by atoms with Gasteiger partial charge in [0.25, 0.3) is 0 Å². The van der Waals surface area contributed by atoms with Crippen LogP contribution in [-0.4, -0.2) is 34.6 Å². The number of hydrogen-bond donors (Lipinski definition) is 1. The lowest BCUT2D eigenvalue weighted by Gasteiger charge is -2.36. The van der Waals surface area contributed by atoms with Gasteiger partial charge in [0.1, 0.15) is 12.3 Å². The molecule has 0 amide bonds. The van der Waals surface area contributed by atoms with E-state index in [4.69, 9.17) is 21.4 Å². The van der Waals surface area contributed by atoms with Crippen molar-refractivity contribution in [3.8, 4) is 11.6 Å². The molecule has 168 valence electrons. The molecule has 3 aromatic rings. The second-order valence-corrected chi connectivity index (χ2v) is 9.15. The minimum atomic E-state index is -2.61. The van der Waals surface area contributed by atoms with Crippen molar-refractivity contribution >= 4 is 50.5 Å². The van der Waals surface area contributed by atoms with E-state index in [1.807, 2.05) is 0 Å². The smallest absolute Gasteiger partial charge is 0.325 e. The molecule has 0 saturated carbocycles. The molecule has 2 unspecified atom stereocenters. The molecule has 1 aromatic carbocycles. The molecule has 32 heavy (non-hydrogen) atoms. The number of hydrogen-bond acceptors (Lipinski definition) is 6. The van der Waals surface area contributed by atoms with Crippen LogP contribution in [0.5, 0.6) is 11.6 Å². The van der Waals surface area contributed by atoms with Gasteiger partial charge in [-0.15, -0.1) is 0 Å². The molecular weight excluding hydrogens is 524 g/mol. The molecule has 0 fully saturated rings. The number of pyridine rings is 1. The molecule has 2 atom stereocenters. The number of carbonyl (C=O) groups is 1. The molecule has 0 spiro atoms. The van der Waals surface area contributed by atoms with Gasteiger partial charge in [-0.2, -0.15) is 5.10 Å². The Bertz CT molecular complexity index is 1190. The lowest BCUT2D eigenvalue weighted by atomic mass is 9.92. The van der Waals surface area contributed by atoms with Crippen LogP contribution in [0, 0.1) is 0 Å². The van der Waals surface area contributed by atoms with Crippen LogP contribution in [0.4, 0.5) is 5.69 Å². The largest absolute Gasteiger partial charge is 0.755 e. The van der Waals surface area contributed by atoms with Gasteiger partial charge < -0.3 is 14.4 Å². The van der Waals surface area contributed by atoms with Crippen LogP contribution in [0.25, 0.3) is 0 Å². The fraction of sp³-hybridized carbons (Fsp3) is 0.250. The third-order valence-corrected chi connectivity index (χ3v) is 6.72. The molecule has 1 N–H and O–H groups in total. The standard InChI is InChI=1S/C20H18BrClN4O5S/c21-14-8-12(9-23-20(14)31-18-7-2-1-4-15(18)22)26(32(29)30)17-6-3-5-16-13(17)10-24-25(16)11-19(27)28/h1-2,4,7-10,17H,3,5-6,11H2,(H,27,28)(H,29,30)/p-1. The Morgan fingerprint density at radius 2 is 2.19 bits per heavy atom. The fourth-order valence-electron chi connectivity index (χ4n) is 3.72. The third kappa shape index (κ3) is 4.65. The van der Waals surface area contributed by atoms with Crippen LogP contribution >= 0.6 is 27.5 Å². The van der Waals surface area contributed by atoms with Crippen molar-refractivity contribution < 1.29 is 23.4 Å². The number of anilines is 1. The summed E-state index contributed by atoms with van der Waals surface area (Å²) >= 11 is 6.91. The number of halogens is 2. The zero-order valence-corrected chi connectivity index (χ0v) is 19.6. The highest BCUT2D eigenvalue weighted by molar-refractivity contribution is 9.10. The number of aliphatic carboxylic acids is 1.